The second kappa shape index (κ2) is 6.34. The number of nitrogens with one attached hydrogen (secondary N) is 1. The van der Waals surface area contributed by atoms with Crippen LogP contribution >= 0.6 is 38.5 Å². The quantitative estimate of drug-likeness (QED) is 0.683. The third kappa shape index (κ3) is 3.11. The van der Waals surface area contributed by atoms with Crippen LogP contribution in [0, 0.1) is 9.39 Å². The van der Waals surface area contributed by atoms with Crippen LogP contribution in [0.3, 0.4) is 0 Å². The third-order valence-corrected chi connectivity index (χ3v) is 4.58. The molecule has 1 heterocycles. The molecule has 1 aromatic carbocycles. The van der Waals surface area contributed by atoms with Crippen LogP contribution in [0.5, 0.6) is 0 Å². The van der Waals surface area contributed by atoms with Gasteiger partial charge in [-0.05, 0) is 46.7 Å². The zero-order chi connectivity index (χ0) is 14.9. The smallest absolute Gasteiger partial charge is 0.163 e. The lowest BCUT2D eigenvalue weighted by molar-refractivity contribution is 0.628. The topological polar surface area (TPSA) is 37.8 Å². The van der Waals surface area contributed by atoms with Gasteiger partial charge in [0.25, 0.3) is 0 Å². The van der Waals surface area contributed by atoms with Gasteiger partial charge in [0.1, 0.15) is 11.6 Å². The van der Waals surface area contributed by atoms with Gasteiger partial charge in [-0.3, -0.25) is 0 Å². The van der Waals surface area contributed by atoms with Gasteiger partial charge in [-0.25, -0.2) is 14.4 Å². The minimum atomic E-state index is -0.303. The van der Waals surface area contributed by atoms with Crippen LogP contribution in [-0.4, -0.2) is 17.0 Å². The molecule has 6 heteroatoms. The molecular weight excluding hydrogens is 436 g/mol. The van der Waals surface area contributed by atoms with E-state index >= 15 is 0 Å². The maximum Gasteiger partial charge on any atom is 0.163 e. The number of aromatic nitrogens is 2. The molecule has 0 aliphatic heterocycles. The number of anilines is 1. The van der Waals surface area contributed by atoms with Crippen LogP contribution in [0.1, 0.15) is 25.5 Å². The fraction of sp³-hybridized carbons (Fsp3) is 0.286. The Kier molecular flexibility index (Phi) is 4.95. The minimum Gasteiger partial charge on any atom is -0.372 e. The van der Waals surface area contributed by atoms with Crippen LogP contribution in [-0.2, 0) is 0 Å². The maximum absolute atomic E-state index is 13.5. The fourth-order valence-corrected chi connectivity index (χ4v) is 3.36. The number of benzene rings is 1. The Morgan fingerprint density at radius 3 is 2.60 bits per heavy atom. The SMILES string of the molecule is CNc1nc(-c2cc(F)ccc2Br)nc(C(C)C)c1I. The summed E-state index contributed by atoms with van der Waals surface area (Å²) in [5, 5.41) is 3.07. The van der Waals surface area contributed by atoms with E-state index in [4.69, 9.17) is 0 Å². The largest absolute Gasteiger partial charge is 0.372 e. The van der Waals surface area contributed by atoms with Gasteiger partial charge in [-0.1, -0.05) is 29.8 Å². The molecule has 0 radical (unpaired) electrons. The molecule has 0 aliphatic carbocycles. The summed E-state index contributed by atoms with van der Waals surface area (Å²) in [6, 6.07) is 4.51. The standard InChI is InChI=1S/C14H14BrFIN3/c1-7(2)12-11(17)14(18-3)20-13(19-12)9-6-8(16)4-5-10(9)15/h4-7H,1-3H3,(H,18,19,20). The van der Waals surface area contributed by atoms with Crippen molar-refractivity contribution in [2.24, 2.45) is 0 Å². The highest BCUT2D eigenvalue weighted by Gasteiger charge is 2.16. The van der Waals surface area contributed by atoms with Crippen molar-refractivity contribution in [2.45, 2.75) is 19.8 Å². The average Bonchev–Trinajstić information content (AvgIpc) is 2.41. The summed E-state index contributed by atoms with van der Waals surface area (Å²) in [6.07, 6.45) is 0. The molecule has 1 N–H and O–H groups in total. The predicted molar refractivity (Wildman–Crippen MR) is 91.5 cm³/mol. The van der Waals surface area contributed by atoms with Crippen molar-refractivity contribution < 1.29 is 4.39 Å². The van der Waals surface area contributed by atoms with E-state index in [1.54, 1.807) is 6.07 Å². The normalized spacial score (nSPS) is 10.9. The van der Waals surface area contributed by atoms with Gasteiger partial charge in [0, 0.05) is 17.1 Å². The lowest BCUT2D eigenvalue weighted by Crippen LogP contribution is -2.07. The van der Waals surface area contributed by atoms with Crippen molar-refractivity contribution in [2.75, 3.05) is 12.4 Å². The molecule has 0 spiro atoms. The zero-order valence-corrected chi connectivity index (χ0v) is 15.1. The molecule has 0 bridgehead atoms. The molecule has 0 aliphatic rings. The van der Waals surface area contributed by atoms with Crippen molar-refractivity contribution in [1.29, 1.82) is 0 Å². The van der Waals surface area contributed by atoms with Crippen molar-refractivity contribution in [3.63, 3.8) is 0 Å². The molecule has 0 fully saturated rings. The molecule has 2 aromatic rings. The summed E-state index contributed by atoms with van der Waals surface area (Å²) < 4.78 is 15.2. The van der Waals surface area contributed by atoms with Gasteiger partial charge in [-0.15, -0.1) is 0 Å². The summed E-state index contributed by atoms with van der Waals surface area (Å²) in [7, 11) is 1.82. The van der Waals surface area contributed by atoms with Crippen LogP contribution < -0.4 is 5.32 Å². The summed E-state index contributed by atoms with van der Waals surface area (Å²) in [5.41, 5.74) is 1.61. The second-order valence-corrected chi connectivity index (χ2v) is 6.56. The van der Waals surface area contributed by atoms with Gasteiger partial charge >= 0.3 is 0 Å². The van der Waals surface area contributed by atoms with Crippen LogP contribution in [0.15, 0.2) is 22.7 Å². The number of nitrogens with zero attached hydrogens (tertiary/aromatic N) is 2. The van der Waals surface area contributed by atoms with E-state index in [1.807, 2.05) is 7.05 Å². The van der Waals surface area contributed by atoms with Crippen LogP contribution in [0.4, 0.5) is 10.2 Å². The minimum absolute atomic E-state index is 0.267. The summed E-state index contributed by atoms with van der Waals surface area (Å²) in [6.45, 7) is 4.16. The molecule has 106 valence electrons. The predicted octanol–water partition coefficient (Wildman–Crippen LogP) is 4.81. The number of hydrogen-bond donors (Lipinski definition) is 1. The van der Waals surface area contributed by atoms with E-state index < -0.39 is 0 Å². The number of rotatable bonds is 3. The molecule has 0 saturated heterocycles. The molecule has 0 amide bonds. The Morgan fingerprint density at radius 2 is 2.00 bits per heavy atom. The van der Waals surface area contributed by atoms with Crippen molar-refractivity contribution >= 4 is 44.3 Å². The first-order valence-corrected chi connectivity index (χ1v) is 8.01. The van der Waals surface area contributed by atoms with Gasteiger partial charge in [-0.2, -0.15) is 0 Å². The van der Waals surface area contributed by atoms with E-state index in [9.17, 15) is 4.39 Å². The first-order chi connectivity index (χ1) is 9.43. The highest BCUT2D eigenvalue weighted by atomic mass is 127. The van der Waals surface area contributed by atoms with Gasteiger partial charge in [0.2, 0.25) is 0 Å². The Labute approximate surface area is 139 Å². The Bertz CT molecular complexity index is 647. The average molecular weight is 450 g/mol. The van der Waals surface area contributed by atoms with Crippen LogP contribution in [0.2, 0.25) is 0 Å². The molecular formula is C14H14BrFIN3. The van der Waals surface area contributed by atoms with Crippen molar-refractivity contribution in [1.82, 2.24) is 9.97 Å². The van der Waals surface area contributed by atoms with Gasteiger partial charge in [0.05, 0.1) is 9.26 Å². The molecule has 3 nitrogen and oxygen atoms in total. The maximum atomic E-state index is 13.5. The lowest BCUT2D eigenvalue weighted by Gasteiger charge is -2.14. The number of hydrogen-bond acceptors (Lipinski definition) is 3. The molecule has 0 atom stereocenters. The highest BCUT2D eigenvalue weighted by molar-refractivity contribution is 14.1. The third-order valence-electron chi connectivity index (χ3n) is 2.83. The Balaban J connectivity index is 2.68. The fourth-order valence-electron chi connectivity index (χ4n) is 1.80. The first kappa shape index (κ1) is 15.6. The van der Waals surface area contributed by atoms with E-state index in [0.29, 0.717) is 11.4 Å². The van der Waals surface area contributed by atoms with E-state index in [2.05, 4.69) is 67.7 Å². The Hall–Kier alpha value is -0.760. The Morgan fingerprint density at radius 1 is 1.30 bits per heavy atom. The zero-order valence-electron chi connectivity index (χ0n) is 11.3. The van der Waals surface area contributed by atoms with E-state index in [0.717, 1.165) is 19.6 Å². The lowest BCUT2D eigenvalue weighted by atomic mass is 10.1. The monoisotopic (exact) mass is 449 g/mol. The molecule has 20 heavy (non-hydrogen) atoms. The summed E-state index contributed by atoms with van der Waals surface area (Å²) in [5.74, 6) is 1.24. The first-order valence-electron chi connectivity index (χ1n) is 6.14. The van der Waals surface area contributed by atoms with Crippen LogP contribution in [0.25, 0.3) is 11.4 Å². The van der Waals surface area contributed by atoms with E-state index in [-0.39, 0.29) is 11.7 Å². The van der Waals surface area contributed by atoms with Gasteiger partial charge in [0.15, 0.2) is 5.82 Å². The van der Waals surface area contributed by atoms with E-state index in [1.165, 1.54) is 12.1 Å². The summed E-state index contributed by atoms with van der Waals surface area (Å²) >= 11 is 5.66. The van der Waals surface area contributed by atoms with Gasteiger partial charge < -0.3 is 5.32 Å². The number of halogens is 3. The highest BCUT2D eigenvalue weighted by Crippen LogP contribution is 2.31. The molecule has 0 saturated carbocycles. The van der Waals surface area contributed by atoms with Crippen molar-refractivity contribution in [3.05, 3.63) is 37.8 Å². The second-order valence-electron chi connectivity index (χ2n) is 4.62. The molecule has 2 rings (SSSR count). The molecule has 0 unspecified atom stereocenters. The van der Waals surface area contributed by atoms with Crippen molar-refractivity contribution in [3.8, 4) is 11.4 Å². The molecule has 1 aromatic heterocycles. The summed E-state index contributed by atoms with van der Waals surface area (Å²) in [4.78, 5) is 9.08.